The van der Waals surface area contributed by atoms with E-state index in [0.29, 0.717) is 18.2 Å². The molecule has 0 aliphatic heterocycles. The Labute approximate surface area is 115 Å². The highest BCUT2D eigenvalue weighted by Crippen LogP contribution is 2.22. The van der Waals surface area contributed by atoms with E-state index in [-0.39, 0.29) is 0 Å². The van der Waals surface area contributed by atoms with Crippen LogP contribution in [0, 0.1) is 11.3 Å². The van der Waals surface area contributed by atoms with Crippen molar-refractivity contribution in [3.05, 3.63) is 29.3 Å². The summed E-state index contributed by atoms with van der Waals surface area (Å²) in [6.45, 7) is 6.60. The average Bonchev–Trinajstić information content (AvgIpc) is 2.42. The zero-order valence-electron chi connectivity index (χ0n) is 12.1. The van der Waals surface area contributed by atoms with Crippen LogP contribution in [0.2, 0.25) is 0 Å². The molecular formula is C15H22N2O2. The number of nitriles is 1. The molecule has 0 aliphatic rings. The van der Waals surface area contributed by atoms with Gasteiger partial charge in [0.15, 0.2) is 0 Å². The van der Waals surface area contributed by atoms with E-state index in [4.69, 9.17) is 14.7 Å². The Morgan fingerprint density at radius 1 is 1.32 bits per heavy atom. The maximum Gasteiger partial charge on any atom is 0.123 e. The van der Waals surface area contributed by atoms with Crippen LogP contribution in [0.15, 0.2) is 18.2 Å². The molecule has 104 valence electrons. The minimum absolute atomic E-state index is 0.408. The second-order valence-corrected chi connectivity index (χ2v) is 4.70. The van der Waals surface area contributed by atoms with Crippen LogP contribution >= 0.6 is 0 Å². The van der Waals surface area contributed by atoms with Crippen LogP contribution in [0.4, 0.5) is 0 Å². The highest BCUT2D eigenvalue weighted by Gasteiger charge is 2.13. The largest absolute Gasteiger partial charge is 0.496 e. The van der Waals surface area contributed by atoms with Crippen molar-refractivity contribution in [2.45, 2.75) is 26.4 Å². The lowest BCUT2D eigenvalue weighted by Crippen LogP contribution is -2.33. The van der Waals surface area contributed by atoms with Crippen molar-refractivity contribution in [2.24, 2.45) is 0 Å². The van der Waals surface area contributed by atoms with Crippen LogP contribution in [-0.4, -0.2) is 38.3 Å². The minimum Gasteiger partial charge on any atom is -0.496 e. The first-order chi connectivity index (χ1) is 9.12. The Morgan fingerprint density at radius 3 is 2.58 bits per heavy atom. The van der Waals surface area contributed by atoms with E-state index in [1.54, 1.807) is 20.3 Å². The Kier molecular flexibility index (Phi) is 6.34. The standard InChI is InChI=1S/C15H22N2O2/c1-12(2)17(7-8-18-3)11-14-9-13(10-16)5-6-15(14)19-4/h5-6,9,12H,7-8,11H2,1-4H3. The highest BCUT2D eigenvalue weighted by atomic mass is 16.5. The molecular weight excluding hydrogens is 240 g/mol. The lowest BCUT2D eigenvalue weighted by molar-refractivity contribution is 0.124. The first-order valence-electron chi connectivity index (χ1n) is 6.42. The van der Waals surface area contributed by atoms with Crippen molar-refractivity contribution in [1.29, 1.82) is 5.26 Å². The summed E-state index contributed by atoms with van der Waals surface area (Å²) >= 11 is 0. The van der Waals surface area contributed by atoms with Crippen LogP contribution in [0.25, 0.3) is 0 Å². The number of ether oxygens (including phenoxy) is 2. The fourth-order valence-corrected chi connectivity index (χ4v) is 1.92. The van der Waals surface area contributed by atoms with Crippen molar-refractivity contribution in [2.75, 3.05) is 27.4 Å². The van der Waals surface area contributed by atoms with Gasteiger partial charge in [-0.05, 0) is 32.0 Å². The third kappa shape index (κ3) is 4.55. The van der Waals surface area contributed by atoms with Crippen molar-refractivity contribution < 1.29 is 9.47 Å². The quantitative estimate of drug-likeness (QED) is 0.757. The van der Waals surface area contributed by atoms with Gasteiger partial charge in [-0.3, -0.25) is 4.90 Å². The maximum absolute atomic E-state index is 8.99. The Morgan fingerprint density at radius 2 is 2.05 bits per heavy atom. The fraction of sp³-hybridized carbons (Fsp3) is 0.533. The molecule has 1 aromatic rings. The topological polar surface area (TPSA) is 45.5 Å². The van der Waals surface area contributed by atoms with Gasteiger partial charge >= 0.3 is 0 Å². The normalized spacial score (nSPS) is 10.8. The van der Waals surface area contributed by atoms with Gasteiger partial charge in [0.25, 0.3) is 0 Å². The minimum atomic E-state index is 0.408. The van der Waals surface area contributed by atoms with Crippen LogP contribution in [0.5, 0.6) is 5.75 Å². The van der Waals surface area contributed by atoms with Crippen LogP contribution in [0.1, 0.15) is 25.0 Å². The van der Waals surface area contributed by atoms with E-state index < -0.39 is 0 Å². The molecule has 19 heavy (non-hydrogen) atoms. The second kappa shape index (κ2) is 7.78. The number of rotatable bonds is 7. The van der Waals surface area contributed by atoms with Crippen molar-refractivity contribution in [1.82, 2.24) is 4.90 Å². The van der Waals surface area contributed by atoms with Gasteiger partial charge in [0.1, 0.15) is 5.75 Å². The average molecular weight is 262 g/mol. The predicted molar refractivity (Wildman–Crippen MR) is 75.1 cm³/mol. The summed E-state index contributed by atoms with van der Waals surface area (Å²) in [5, 5.41) is 8.99. The van der Waals surface area contributed by atoms with Crippen molar-refractivity contribution >= 4 is 0 Å². The Balaban J connectivity index is 2.90. The zero-order chi connectivity index (χ0) is 14.3. The van der Waals surface area contributed by atoms with Gasteiger partial charge in [0, 0.05) is 31.8 Å². The van der Waals surface area contributed by atoms with E-state index in [1.165, 1.54) is 0 Å². The number of benzene rings is 1. The summed E-state index contributed by atoms with van der Waals surface area (Å²) in [6, 6.07) is 8.09. The van der Waals surface area contributed by atoms with Crippen molar-refractivity contribution in [3.8, 4) is 11.8 Å². The summed E-state index contributed by atoms with van der Waals surface area (Å²) in [6.07, 6.45) is 0. The summed E-state index contributed by atoms with van der Waals surface area (Å²) in [5.41, 5.74) is 1.69. The molecule has 0 aromatic heterocycles. The predicted octanol–water partition coefficient (Wildman–Crippen LogP) is 2.42. The molecule has 4 nitrogen and oxygen atoms in total. The summed E-state index contributed by atoms with van der Waals surface area (Å²) in [7, 11) is 3.36. The second-order valence-electron chi connectivity index (χ2n) is 4.70. The highest BCUT2D eigenvalue weighted by molar-refractivity contribution is 5.42. The van der Waals surface area contributed by atoms with Gasteiger partial charge in [-0.2, -0.15) is 5.26 Å². The molecule has 0 heterocycles. The summed E-state index contributed by atoms with van der Waals surface area (Å²) in [4.78, 5) is 2.29. The SMILES string of the molecule is COCCN(Cc1cc(C#N)ccc1OC)C(C)C. The third-order valence-corrected chi connectivity index (χ3v) is 3.10. The molecule has 0 aliphatic carbocycles. The zero-order valence-corrected chi connectivity index (χ0v) is 12.1. The number of hydrogen-bond acceptors (Lipinski definition) is 4. The molecule has 1 rings (SSSR count). The molecule has 0 spiro atoms. The fourth-order valence-electron chi connectivity index (χ4n) is 1.92. The molecule has 0 unspecified atom stereocenters. The number of nitrogens with zero attached hydrogens (tertiary/aromatic N) is 2. The van der Waals surface area contributed by atoms with Gasteiger partial charge in [0.05, 0.1) is 25.3 Å². The maximum atomic E-state index is 8.99. The van der Waals surface area contributed by atoms with Crippen molar-refractivity contribution in [3.63, 3.8) is 0 Å². The van der Waals surface area contributed by atoms with E-state index >= 15 is 0 Å². The molecule has 4 heteroatoms. The van der Waals surface area contributed by atoms with E-state index in [9.17, 15) is 0 Å². The van der Waals surface area contributed by atoms with Crippen LogP contribution in [-0.2, 0) is 11.3 Å². The lowest BCUT2D eigenvalue weighted by atomic mass is 10.1. The van der Waals surface area contributed by atoms with Gasteiger partial charge < -0.3 is 9.47 Å². The summed E-state index contributed by atoms with van der Waals surface area (Å²) in [5.74, 6) is 0.821. The molecule has 0 radical (unpaired) electrons. The third-order valence-electron chi connectivity index (χ3n) is 3.10. The van der Waals surface area contributed by atoms with E-state index in [2.05, 4.69) is 24.8 Å². The van der Waals surface area contributed by atoms with Crippen LogP contribution in [0.3, 0.4) is 0 Å². The Bertz CT molecular complexity index is 438. The molecule has 0 N–H and O–H groups in total. The molecule has 0 fully saturated rings. The monoisotopic (exact) mass is 262 g/mol. The Hall–Kier alpha value is -1.57. The molecule has 0 bridgehead atoms. The lowest BCUT2D eigenvalue weighted by Gasteiger charge is -2.26. The number of methoxy groups -OCH3 is 2. The van der Waals surface area contributed by atoms with Gasteiger partial charge in [-0.25, -0.2) is 0 Å². The van der Waals surface area contributed by atoms with Gasteiger partial charge in [0.2, 0.25) is 0 Å². The van der Waals surface area contributed by atoms with E-state index in [0.717, 1.165) is 24.4 Å². The van der Waals surface area contributed by atoms with E-state index in [1.807, 2.05) is 12.1 Å². The van der Waals surface area contributed by atoms with Crippen LogP contribution < -0.4 is 4.74 Å². The molecule has 1 aromatic carbocycles. The molecule has 0 saturated carbocycles. The molecule has 0 saturated heterocycles. The first-order valence-corrected chi connectivity index (χ1v) is 6.42. The first kappa shape index (κ1) is 15.5. The van der Waals surface area contributed by atoms with Gasteiger partial charge in [-0.1, -0.05) is 0 Å². The molecule has 0 atom stereocenters. The number of hydrogen-bond donors (Lipinski definition) is 0. The van der Waals surface area contributed by atoms with Gasteiger partial charge in [-0.15, -0.1) is 0 Å². The smallest absolute Gasteiger partial charge is 0.123 e. The molecule has 0 amide bonds. The summed E-state index contributed by atoms with van der Waals surface area (Å²) < 4.78 is 10.5.